The van der Waals surface area contributed by atoms with E-state index in [1.165, 1.54) is 10.6 Å². The van der Waals surface area contributed by atoms with E-state index in [-0.39, 0.29) is 0 Å². The predicted octanol–water partition coefficient (Wildman–Crippen LogP) is 3.26. The van der Waals surface area contributed by atoms with E-state index in [9.17, 15) is 4.79 Å². The van der Waals surface area contributed by atoms with Crippen molar-refractivity contribution in [2.75, 3.05) is 20.2 Å². The third kappa shape index (κ3) is 2.34. The molecule has 1 aliphatic heterocycles. The molecule has 4 rings (SSSR count). The van der Waals surface area contributed by atoms with Crippen LogP contribution in [0.3, 0.4) is 0 Å². The summed E-state index contributed by atoms with van der Waals surface area (Å²) in [6, 6.07) is 7.77. The van der Waals surface area contributed by atoms with Gasteiger partial charge in [-0.1, -0.05) is 23.5 Å². The molecule has 6 heteroatoms. The number of hydrogen-bond donors (Lipinski definition) is 0. The van der Waals surface area contributed by atoms with Gasteiger partial charge in [-0.25, -0.2) is 4.98 Å². The lowest BCUT2D eigenvalue weighted by Crippen LogP contribution is -2.26. The van der Waals surface area contributed by atoms with Crippen molar-refractivity contribution in [2.45, 2.75) is 19.9 Å². The number of fused-ring (bicyclic) bond motifs is 3. The lowest BCUT2D eigenvalue weighted by atomic mass is 10.1. The molecular formula is C18H19N3O2S. The Labute approximate surface area is 144 Å². The number of likely N-dealkylation sites (N-methyl/N-ethyl adjacent to an activating group) is 1. The highest BCUT2D eigenvalue weighted by Crippen LogP contribution is 2.36. The first-order chi connectivity index (χ1) is 11.7. The van der Waals surface area contributed by atoms with Crippen LogP contribution in [-0.2, 0) is 13.0 Å². The molecule has 0 radical (unpaired) electrons. The molecule has 1 aromatic carbocycles. The quantitative estimate of drug-likeness (QED) is 0.684. The zero-order valence-corrected chi connectivity index (χ0v) is 14.6. The zero-order valence-electron chi connectivity index (χ0n) is 13.8. The maximum Gasteiger partial charge on any atom is 0.195 e. The number of aldehydes is 1. The lowest BCUT2D eigenvalue weighted by molar-refractivity contribution is 0.111. The number of rotatable bonds is 4. The number of carbonyl (C=O) groups excluding carboxylic acids is 1. The van der Waals surface area contributed by atoms with Gasteiger partial charge in [-0.05, 0) is 26.1 Å². The van der Waals surface area contributed by atoms with Crippen LogP contribution in [0.4, 0.5) is 0 Å². The fourth-order valence-electron chi connectivity index (χ4n) is 3.28. The number of benzene rings is 1. The summed E-state index contributed by atoms with van der Waals surface area (Å²) >= 11 is 1.68. The van der Waals surface area contributed by atoms with Gasteiger partial charge in [0.1, 0.15) is 17.1 Å². The number of carbonyl (C=O) groups is 1. The van der Waals surface area contributed by atoms with Crippen LogP contribution < -0.4 is 4.74 Å². The molecule has 3 heterocycles. The molecule has 0 fully saturated rings. The van der Waals surface area contributed by atoms with Gasteiger partial charge in [0.05, 0.1) is 6.61 Å². The van der Waals surface area contributed by atoms with Gasteiger partial charge >= 0.3 is 0 Å². The highest BCUT2D eigenvalue weighted by molar-refractivity contribution is 7.17. The van der Waals surface area contributed by atoms with Gasteiger partial charge < -0.3 is 9.64 Å². The largest absolute Gasteiger partial charge is 0.493 e. The van der Waals surface area contributed by atoms with E-state index < -0.39 is 0 Å². The van der Waals surface area contributed by atoms with Crippen LogP contribution in [0.15, 0.2) is 24.3 Å². The van der Waals surface area contributed by atoms with Crippen molar-refractivity contribution in [3.8, 4) is 17.0 Å². The number of para-hydroxylation sites is 1. The second-order valence-corrected chi connectivity index (χ2v) is 7.03. The second kappa shape index (κ2) is 6.03. The Hall–Kier alpha value is -2.18. The molecule has 24 heavy (non-hydrogen) atoms. The summed E-state index contributed by atoms with van der Waals surface area (Å²) in [7, 11) is 2.12. The second-order valence-electron chi connectivity index (χ2n) is 5.97. The summed E-state index contributed by atoms with van der Waals surface area (Å²) in [6.45, 7) is 4.46. The van der Waals surface area contributed by atoms with Crippen molar-refractivity contribution >= 4 is 22.6 Å². The molecular weight excluding hydrogens is 322 g/mol. The Balaban J connectivity index is 1.92. The minimum atomic E-state index is 0.581. The van der Waals surface area contributed by atoms with Crippen LogP contribution in [0.1, 0.15) is 28.0 Å². The van der Waals surface area contributed by atoms with Crippen LogP contribution in [0, 0.1) is 0 Å². The molecule has 3 aromatic rings. The third-order valence-electron chi connectivity index (χ3n) is 4.39. The average molecular weight is 341 g/mol. The summed E-state index contributed by atoms with van der Waals surface area (Å²) < 4.78 is 7.76. The highest BCUT2D eigenvalue weighted by atomic mass is 32.1. The Morgan fingerprint density at radius 1 is 1.38 bits per heavy atom. The van der Waals surface area contributed by atoms with Crippen molar-refractivity contribution in [3.05, 3.63) is 40.5 Å². The van der Waals surface area contributed by atoms with Crippen LogP contribution in [-0.4, -0.2) is 40.8 Å². The first-order valence-electron chi connectivity index (χ1n) is 8.11. The van der Waals surface area contributed by atoms with E-state index in [0.717, 1.165) is 42.1 Å². The van der Waals surface area contributed by atoms with Crippen molar-refractivity contribution in [2.24, 2.45) is 0 Å². The minimum Gasteiger partial charge on any atom is -0.493 e. The SMILES string of the molecule is CCOc1ccccc1-c1nc2sc3c(n2c1C=O)CCN(C)C3. The standard InChI is InChI=1S/C18H19N3O2S/c1-3-23-15-7-5-4-6-12(15)17-14(11-22)21-13-8-9-20(2)10-16(13)24-18(21)19-17/h4-7,11H,3,8-10H2,1-2H3. The van der Waals surface area contributed by atoms with Gasteiger partial charge in [0, 0.05) is 35.6 Å². The van der Waals surface area contributed by atoms with Crippen LogP contribution in [0.25, 0.3) is 16.2 Å². The number of imidazole rings is 1. The van der Waals surface area contributed by atoms with Gasteiger partial charge in [0.2, 0.25) is 0 Å². The van der Waals surface area contributed by atoms with Crippen LogP contribution >= 0.6 is 11.3 Å². The van der Waals surface area contributed by atoms with Crippen LogP contribution in [0.2, 0.25) is 0 Å². The molecule has 0 atom stereocenters. The zero-order chi connectivity index (χ0) is 16.7. The van der Waals surface area contributed by atoms with Gasteiger partial charge in [-0.15, -0.1) is 0 Å². The molecule has 124 valence electrons. The van der Waals surface area contributed by atoms with E-state index in [4.69, 9.17) is 9.72 Å². The number of nitrogens with zero attached hydrogens (tertiary/aromatic N) is 3. The molecule has 2 aromatic heterocycles. The fraction of sp³-hybridized carbons (Fsp3) is 0.333. The molecule has 0 saturated heterocycles. The van der Waals surface area contributed by atoms with E-state index in [2.05, 4.69) is 11.9 Å². The van der Waals surface area contributed by atoms with Gasteiger partial charge in [-0.3, -0.25) is 9.20 Å². The smallest absolute Gasteiger partial charge is 0.195 e. The maximum atomic E-state index is 11.9. The summed E-state index contributed by atoms with van der Waals surface area (Å²) in [5, 5.41) is 0. The average Bonchev–Trinajstić information content (AvgIpc) is 3.10. The Kier molecular flexibility index (Phi) is 3.86. The van der Waals surface area contributed by atoms with Crippen molar-refractivity contribution in [1.29, 1.82) is 0 Å². The first kappa shape index (κ1) is 15.4. The summed E-state index contributed by atoms with van der Waals surface area (Å²) in [5.41, 5.74) is 3.43. The van der Waals surface area contributed by atoms with Crippen molar-refractivity contribution in [3.63, 3.8) is 0 Å². The lowest BCUT2D eigenvalue weighted by Gasteiger charge is -2.21. The van der Waals surface area contributed by atoms with E-state index >= 15 is 0 Å². The highest BCUT2D eigenvalue weighted by Gasteiger charge is 2.25. The molecule has 0 aliphatic carbocycles. The molecule has 0 unspecified atom stereocenters. The number of hydrogen-bond acceptors (Lipinski definition) is 5. The Bertz CT molecular complexity index is 913. The Morgan fingerprint density at radius 3 is 3.00 bits per heavy atom. The van der Waals surface area contributed by atoms with Crippen molar-refractivity contribution < 1.29 is 9.53 Å². The number of ether oxygens (including phenoxy) is 1. The molecule has 0 saturated carbocycles. The van der Waals surface area contributed by atoms with Crippen molar-refractivity contribution in [1.82, 2.24) is 14.3 Å². The Morgan fingerprint density at radius 2 is 2.21 bits per heavy atom. The maximum absolute atomic E-state index is 11.9. The van der Waals surface area contributed by atoms with E-state index in [0.29, 0.717) is 18.0 Å². The molecule has 5 nitrogen and oxygen atoms in total. The normalized spacial score (nSPS) is 14.8. The topological polar surface area (TPSA) is 46.8 Å². The molecule has 0 spiro atoms. The third-order valence-corrected chi connectivity index (χ3v) is 5.45. The van der Waals surface area contributed by atoms with Gasteiger partial charge in [0.15, 0.2) is 11.2 Å². The molecule has 0 bridgehead atoms. The summed E-state index contributed by atoms with van der Waals surface area (Å²) in [6.07, 6.45) is 1.86. The van der Waals surface area contributed by atoms with E-state index in [1.807, 2.05) is 35.6 Å². The van der Waals surface area contributed by atoms with Gasteiger partial charge in [0.25, 0.3) is 0 Å². The monoisotopic (exact) mass is 341 g/mol. The first-order valence-corrected chi connectivity index (χ1v) is 8.93. The molecule has 0 N–H and O–H groups in total. The van der Waals surface area contributed by atoms with Crippen LogP contribution in [0.5, 0.6) is 5.75 Å². The number of aromatic nitrogens is 2. The van der Waals surface area contributed by atoms with Gasteiger partial charge in [-0.2, -0.15) is 0 Å². The predicted molar refractivity (Wildman–Crippen MR) is 95.1 cm³/mol. The molecule has 1 aliphatic rings. The fourth-order valence-corrected chi connectivity index (χ4v) is 4.53. The van der Waals surface area contributed by atoms with E-state index in [1.54, 1.807) is 11.3 Å². The summed E-state index contributed by atoms with van der Waals surface area (Å²) in [4.78, 5) is 21.2. The minimum absolute atomic E-state index is 0.581. The summed E-state index contributed by atoms with van der Waals surface area (Å²) in [5.74, 6) is 0.766. The molecule has 0 amide bonds. The number of thiazole rings is 1.